The number of likely N-dealkylation sites (N-methyl/N-ethyl adjacent to an activating group) is 1. The van der Waals surface area contributed by atoms with Gasteiger partial charge in [-0.1, -0.05) is 36.7 Å². The van der Waals surface area contributed by atoms with Crippen molar-refractivity contribution in [2.75, 3.05) is 13.7 Å². The Morgan fingerprint density at radius 1 is 1.19 bits per heavy atom. The molecule has 112 valence electrons. The van der Waals surface area contributed by atoms with Crippen molar-refractivity contribution in [1.82, 2.24) is 5.32 Å². The second-order valence-corrected chi connectivity index (χ2v) is 6.10. The average Bonchev–Trinajstić information content (AvgIpc) is 2.50. The molecule has 0 aliphatic rings. The van der Waals surface area contributed by atoms with Gasteiger partial charge in [-0.25, -0.2) is 0 Å². The molecular weight excluding hydrogens is 350 g/mol. The van der Waals surface area contributed by atoms with Crippen LogP contribution in [0.1, 0.15) is 24.1 Å². The van der Waals surface area contributed by atoms with Gasteiger partial charge in [0.2, 0.25) is 0 Å². The molecule has 0 aliphatic heterocycles. The van der Waals surface area contributed by atoms with Crippen molar-refractivity contribution in [2.24, 2.45) is 0 Å². The van der Waals surface area contributed by atoms with Crippen LogP contribution in [0, 0.1) is 0 Å². The van der Waals surface area contributed by atoms with E-state index in [1.165, 1.54) is 11.1 Å². The quantitative estimate of drug-likeness (QED) is 0.774. The van der Waals surface area contributed by atoms with Crippen LogP contribution < -0.4 is 10.1 Å². The summed E-state index contributed by atoms with van der Waals surface area (Å²) in [6.07, 6.45) is 0.912. The molecule has 21 heavy (non-hydrogen) atoms. The van der Waals surface area contributed by atoms with Crippen LogP contribution in [0.4, 0.5) is 0 Å². The Hall–Kier alpha value is -1.03. The van der Waals surface area contributed by atoms with Gasteiger partial charge in [0, 0.05) is 10.5 Å². The standard InChI is InChI=1S/C17H19BrClNO/c1-3-20-17(13-6-9-15(18)16(19)11-13)10-12-4-7-14(21-2)8-5-12/h4-9,11,17,20H,3,10H2,1-2H3. The molecule has 0 fully saturated rings. The lowest BCUT2D eigenvalue weighted by atomic mass is 9.99. The first-order valence-corrected chi connectivity index (χ1v) is 8.12. The van der Waals surface area contributed by atoms with Gasteiger partial charge in [-0.05, 0) is 64.3 Å². The molecule has 0 aliphatic carbocycles. The van der Waals surface area contributed by atoms with E-state index in [4.69, 9.17) is 16.3 Å². The first kappa shape index (κ1) is 16.3. The minimum atomic E-state index is 0.244. The zero-order valence-electron chi connectivity index (χ0n) is 12.2. The normalized spacial score (nSPS) is 12.2. The molecule has 1 atom stereocenters. The number of ether oxygens (including phenoxy) is 1. The van der Waals surface area contributed by atoms with Gasteiger partial charge in [0.15, 0.2) is 0 Å². The van der Waals surface area contributed by atoms with E-state index < -0.39 is 0 Å². The van der Waals surface area contributed by atoms with Crippen molar-refractivity contribution in [3.05, 3.63) is 63.1 Å². The highest BCUT2D eigenvalue weighted by Crippen LogP contribution is 2.28. The van der Waals surface area contributed by atoms with Crippen molar-refractivity contribution < 1.29 is 4.74 Å². The van der Waals surface area contributed by atoms with Crippen molar-refractivity contribution in [3.63, 3.8) is 0 Å². The molecule has 4 heteroatoms. The Morgan fingerprint density at radius 3 is 2.48 bits per heavy atom. The van der Waals surface area contributed by atoms with Gasteiger partial charge in [0.1, 0.15) is 5.75 Å². The fraction of sp³-hybridized carbons (Fsp3) is 0.294. The van der Waals surface area contributed by atoms with Gasteiger partial charge in [0.25, 0.3) is 0 Å². The lowest BCUT2D eigenvalue weighted by Crippen LogP contribution is -2.23. The van der Waals surface area contributed by atoms with E-state index in [2.05, 4.69) is 46.4 Å². The van der Waals surface area contributed by atoms with Gasteiger partial charge < -0.3 is 10.1 Å². The molecule has 0 amide bonds. The number of hydrogen-bond acceptors (Lipinski definition) is 2. The average molecular weight is 369 g/mol. The monoisotopic (exact) mass is 367 g/mol. The smallest absolute Gasteiger partial charge is 0.118 e. The largest absolute Gasteiger partial charge is 0.497 e. The zero-order chi connectivity index (χ0) is 15.2. The van der Waals surface area contributed by atoms with Crippen molar-refractivity contribution >= 4 is 27.5 Å². The SMILES string of the molecule is CCNC(Cc1ccc(OC)cc1)c1ccc(Br)c(Cl)c1. The topological polar surface area (TPSA) is 21.3 Å². The Kier molecular flexibility index (Phi) is 6.09. The van der Waals surface area contributed by atoms with E-state index in [-0.39, 0.29) is 6.04 Å². The molecule has 0 spiro atoms. The van der Waals surface area contributed by atoms with Gasteiger partial charge in [0.05, 0.1) is 12.1 Å². The van der Waals surface area contributed by atoms with Gasteiger partial charge in [-0.15, -0.1) is 0 Å². The lowest BCUT2D eigenvalue weighted by Gasteiger charge is -2.19. The predicted molar refractivity (Wildman–Crippen MR) is 92.3 cm³/mol. The van der Waals surface area contributed by atoms with E-state index >= 15 is 0 Å². The summed E-state index contributed by atoms with van der Waals surface area (Å²) in [7, 11) is 1.68. The Morgan fingerprint density at radius 2 is 1.90 bits per heavy atom. The maximum Gasteiger partial charge on any atom is 0.118 e. The highest BCUT2D eigenvalue weighted by atomic mass is 79.9. The Balaban J connectivity index is 2.19. The summed E-state index contributed by atoms with van der Waals surface area (Å²) in [5, 5.41) is 4.26. The van der Waals surface area contributed by atoms with E-state index in [0.717, 1.165) is 28.2 Å². The van der Waals surface area contributed by atoms with Gasteiger partial charge in [-0.2, -0.15) is 0 Å². The van der Waals surface area contributed by atoms with Crippen LogP contribution in [0.3, 0.4) is 0 Å². The van der Waals surface area contributed by atoms with Crippen LogP contribution in [0.2, 0.25) is 5.02 Å². The first-order chi connectivity index (χ1) is 10.1. The summed E-state index contributed by atoms with van der Waals surface area (Å²) in [4.78, 5) is 0. The third-order valence-corrected chi connectivity index (χ3v) is 4.63. The third-order valence-electron chi connectivity index (χ3n) is 3.40. The number of hydrogen-bond donors (Lipinski definition) is 1. The molecule has 1 unspecified atom stereocenters. The highest BCUT2D eigenvalue weighted by Gasteiger charge is 2.12. The number of methoxy groups -OCH3 is 1. The molecule has 0 heterocycles. The highest BCUT2D eigenvalue weighted by molar-refractivity contribution is 9.10. The molecule has 0 saturated heterocycles. The van der Waals surface area contributed by atoms with Crippen LogP contribution in [-0.4, -0.2) is 13.7 Å². The van der Waals surface area contributed by atoms with Crippen LogP contribution in [0.25, 0.3) is 0 Å². The minimum absolute atomic E-state index is 0.244. The van der Waals surface area contributed by atoms with Crippen LogP contribution in [0.15, 0.2) is 46.9 Å². The van der Waals surface area contributed by atoms with Gasteiger partial charge in [-0.3, -0.25) is 0 Å². The maximum absolute atomic E-state index is 6.21. The van der Waals surface area contributed by atoms with Crippen LogP contribution in [-0.2, 0) is 6.42 Å². The molecule has 0 saturated carbocycles. The van der Waals surface area contributed by atoms with Crippen LogP contribution >= 0.6 is 27.5 Å². The fourth-order valence-corrected chi connectivity index (χ4v) is 2.72. The first-order valence-electron chi connectivity index (χ1n) is 6.95. The fourth-order valence-electron chi connectivity index (χ4n) is 2.28. The van der Waals surface area contributed by atoms with Crippen LogP contribution in [0.5, 0.6) is 5.75 Å². The Labute approximate surface area is 139 Å². The van der Waals surface area contributed by atoms with E-state index in [9.17, 15) is 0 Å². The second-order valence-electron chi connectivity index (χ2n) is 4.84. The lowest BCUT2D eigenvalue weighted by molar-refractivity contribution is 0.414. The van der Waals surface area contributed by atoms with E-state index in [1.807, 2.05) is 24.3 Å². The van der Waals surface area contributed by atoms with Crippen molar-refractivity contribution in [2.45, 2.75) is 19.4 Å². The summed E-state index contributed by atoms with van der Waals surface area (Å²) in [5.41, 5.74) is 2.46. The summed E-state index contributed by atoms with van der Waals surface area (Å²) in [5.74, 6) is 0.880. The molecule has 2 aromatic rings. The maximum atomic E-state index is 6.21. The molecular formula is C17H19BrClNO. The van der Waals surface area contributed by atoms with Gasteiger partial charge >= 0.3 is 0 Å². The molecule has 2 nitrogen and oxygen atoms in total. The molecule has 0 radical (unpaired) electrons. The summed E-state index contributed by atoms with van der Waals surface area (Å²) in [6, 6.07) is 14.5. The van der Waals surface area contributed by atoms with E-state index in [0.29, 0.717) is 0 Å². The second kappa shape index (κ2) is 7.83. The molecule has 0 bridgehead atoms. The number of rotatable bonds is 6. The van der Waals surface area contributed by atoms with Crippen molar-refractivity contribution in [3.8, 4) is 5.75 Å². The minimum Gasteiger partial charge on any atom is -0.497 e. The number of nitrogens with one attached hydrogen (secondary N) is 1. The van der Waals surface area contributed by atoms with Crippen molar-refractivity contribution in [1.29, 1.82) is 0 Å². The zero-order valence-corrected chi connectivity index (χ0v) is 14.5. The summed E-state index contributed by atoms with van der Waals surface area (Å²) >= 11 is 9.64. The number of halogens is 2. The molecule has 0 aromatic heterocycles. The summed E-state index contributed by atoms with van der Waals surface area (Å²) in [6.45, 7) is 3.02. The third kappa shape index (κ3) is 4.47. The predicted octanol–water partition coefficient (Wildman–Crippen LogP) is 5.00. The Bertz CT molecular complexity index is 586. The molecule has 2 rings (SSSR count). The molecule has 2 aromatic carbocycles. The summed E-state index contributed by atoms with van der Waals surface area (Å²) < 4.78 is 6.12. The van der Waals surface area contributed by atoms with E-state index in [1.54, 1.807) is 7.11 Å². The number of benzene rings is 2. The molecule has 1 N–H and O–H groups in total.